The van der Waals surface area contributed by atoms with E-state index in [2.05, 4.69) is 10.0 Å². The lowest BCUT2D eigenvalue weighted by Gasteiger charge is -2.14. The van der Waals surface area contributed by atoms with Crippen molar-refractivity contribution in [2.24, 2.45) is 0 Å². The fourth-order valence-corrected chi connectivity index (χ4v) is 2.86. The van der Waals surface area contributed by atoms with Crippen LogP contribution in [0.25, 0.3) is 6.08 Å². The molecule has 26 heavy (non-hydrogen) atoms. The van der Waals surface area contributed by atoms with E-state index >= 15 is 0 Å². The molecule has 2 rings (SSSR count). The Morgan fingerprint density at radius 2 is 1.85 bits per heavy atom. The molecule has 0 fully saturated rings. The smallest absolute Gasteiger partial charge is 0.244 e. The van der Waals surface area contributed by atoms with Crippen molar-refractivity contribution in [1.82, 2.24) is 5.32 Å². The fourth-order valence-electron chi connectivity index (χ4n) is 2.17. The van der Waals surface area contributed by atoms with Crippen LogP contribution in [-0.2, 0) is 14.8 Å². The summed E-state index contributed by atoms with van der Waals surface area (Å²) in [5.41, 5.74) is 1.19. The van der Waals surface area contributed by atoms with Gasteiger partial charge in [0.25, 0.3) is 0 Å². The lowest BCUT2D eigenvalue weighted by Crippen LogP contribution is -2.24. The Hall–Kier alpha value is -2.38. The van der Waals surface area contributed by atoms with Crippen LogP contribution < -0.4 is 10.0 Å². The molecule has 0 aliphatic carbocycles. The SMILES string of the molecule is CC(NC(=O)/C=C/c1ccc(Cl)cc1)c1ccc(NS(C)(=O)=O)c(F)c1. The van der Waals surface area contributed by atoms with Crippen LogP contribution in [0.5, 0.6) is 0 Å². The van der Waals surface area contributed by atoms with E-state index in [1.54, 1.807) is 43.3 Å². The van der Waals surface area contributed by atoms with E-state index in [9.17, 15) is 17.6 Å². The lowest BCUT2D eigenvalue weighted by atomic mass is 10.1. The zero-order valence-corrected chi connectivity index (χ0v) is 15.7. The van der Waals surface area contributed by atoms with Gasteiger partial charge in [-0.05, 0) is 48.4 Å². The predicted molar refractivity (Wildman–Crippen MR) is 102 cm³/mol. The molecule has 138 valence electrons. The number of sulfonamides is 1. The van der Waals surface area contributed by atoms with Crippen LogP contribution >= 0.6 is 11.6 Å². The third kappa shape index (κ3) is 6.16. The summed E-state index contributed by atoms with van der Waals surface area (Å²) in [5, 5.41) is 3.32. The molecule has 0 heterocycles. The van der Waals surface area contributed by atoms with Gasteiger partial charge in [0.05, 0.1) is 18.0 Å². The van der Waals surface area contributed by atoms with Crippen LogP contribution in [0.3, 0.4) is 0 Å². The summed E-state index contributed by atoms with van der Waals surface area (Å²) in [7, 11) is -3.57. The average Bonchev–Trinajstić information content (AvgIpc) is 2.55. The van der Waals surface area contributed by atoms with Gasteiger partial charge in [-0.15, -0.1) is 0 Å². The molecule has 0 saturated heterocycles. The molecule has 1 unspecified atom stereocenters. The fraction of sp³-hybridized carbons (Fsp3) is 0.167. The minimum absolute atomic E-state index is 0.141. The summed E-state index contributed by atoms with van der Waals surface area (Å²) in [5.74, 6) is -1.06. The van der Waals surface area contributed by atoms with E-state index in [4.69, 9.17) is 11.6 Å². The van der Waals surface area contributed by atoms with E-state index in [-0.39, 0.29) is 11.6 Å². The number of carbonyl (C=O) groups excluding carboxylic acids is 1. The first-order valence-corrected chi connectivity index (χ1v) is 9.92. The van der Waals surface area contributed by atoms with Crippen molar-refractivity contribution in [2.45, 2.75) is 13.0 Å². The van der Waals surface area contributed by atoms with Crippen molar-refractivity contribution in [1.29, 1.82) is 0 Å². The number of amides is 1. The lowest BCUT2D eigenvalue weighted by molar-refractivity contribution is -0.117. The van der Waals surface area contributed by atoms with Gasteiger partial charge >= 0.3 is 0 Å². The van der Waals surface area contributed by atoms with Crippen molar-refractivity contribution in [2.75, 3.05) is 11.0 Å². The minimum atomic E-state index is -3.57. The van der Waals surface area contributed by atoms with E-state index in [1.165, 1.54) is 18.2 Å². The number of hydrogen-bond acceptors (Lipinski definition) is 3. The first-order valence-electron chi connectivity index (χ1n) is 7.65. The largest absolute Gasteiger partial charge is 0.346 e. The summed E-state index contributed by atoms with van der Waals surface area (Å²) in [6.45, 7) is 1.70. The van der Waals surface area contributed by atoms with E-state index in [1.807, 2.05) is 0 Å². The maximum absolute atomic E-state index is 14.0. The van der Waals surface area contributed by atoms with Crippen LogP contribution in [0.15, 0.2) is 48.5 Å². The Kier molecular flexibility index (Phi) is 6.39. The van der Waals surface area contributed by atoms with Crippen molar-refractivity contribution in [3.63, 3.8) is 0 Å². The van der Waals surface area contributed by atoms with Gasteiger partial charge in [0.1, 0.15) is 5.82 Å². The first-order chi connectivity index (χ1) is 12.1. The molecule has 8 heteroatoms. The van der Waals surface area contributed by atoms with Crippen molar-refractivity contribution in [3.05, 3.63) is 70.5 Å². The standard InChI is InChI=1S/C18H18ClFN2O3S/c1-12(14-6-9-17(16(20)11-14)22-26(2,24)25)21-18(23)10-5-13-3-7-15(19)8-4-13/h3-12,22H,1-2H3,(H,21,23)/b10-5+. The summed E-state index contributed by atoms with van der Waals surface area (Å²) in [4.78, 5) is 12.0. The highest BCUT2D eigenvalue weighted by Gasteiger charge is 2.12. The highest BCUT2D eigenvalue weighted by atomic mass is 35.5. The van der Waals surface area contributed by atoms with E-state index in [0.29, 0.717) is 10.6 Å². The van der Waals surface area contributed by atoms with Gasteiger partial charge in [-0.1, -0.05) is 29.8 Å². The topological polar surface area (TPSA) is 75.3 Å². The Morgan fingerprint density at radius 3 is 2.42 bits per heavy atom. The highest BCUT2D eigenvalue weighted by molar-refractivity contribution is 7.92. The highest BCUT2D eigenvalue weighted by Crippen LogP contribution is 2.21. The minimum Gasteiger partial charge on any atom is -0.346 e. The van der Waals surface area contributed by atoms with Crippen LogP contribution in [0.1, 0.15) is 24.1 Å². The Balaban J connectivity index is 2.02. The average molecular weight is 397 g/mol. The van der Waals surface area contributed by atoms with Crippen LogP contribution in [0.4, 0.5) is 10.1 Å². The predicted octanol–water partition coefficient (Wildman–Crippen LogP) is 3.74. The van der Waals surface area contributed by atoms with Crippen LogP contribution in [0, 0.1) is 5.82 Å². The number of rotatable bonds is 6. The van der Waals surface area contributed by atoms with Gasteiger partial charge in [0.15, 0.2) is 0 Å². The van der Waals surface area contributed by atoms with Crippen LogP contribution in [0.2, 0.25) is 5.02 Å². The summed E-state index contributed by atoms with van der Waals surface area (Å²) < 4.78 is 38.5. The normalized spacial score (nSPS) is 12.8. The second-order valence-corrected chi connectivity index (χ2v) is 7.91. The Labute approximate surface area is 156 Å². The molecular weight excluding hydrogens is 379 g/mol. The molecule has 2 aromatic rings. The molecule has 0 saturated carbocycles. The molecular formula is C18H18ClFN2O3S. The first kappa shape index (κ1) is 19.9. The maximum Gasteiger partial charge on any atom is 0.244 e. The third-order valence-electron chi connectivity index (χ3n) is 3.44. The summed E-state index contributed by atoms with van der Waals surface area (Å²) >= 11 is 5.80. The zero-order chi connectivity index (χ0) is 19.3. The number of nitrogens with one attached hydrogen (secondary N) is 2. The van der Waals surface area contributed by atoms with Gasteiger partial charge < -0.3 is 5.32 Å². The molecule has 5 nitrogen and oxygen atoms in total. The van der Waals surface area contributed by atoms with Crippen molar-refractivity contribution in [3.8, 4) is 0 Å². The Bertz CT molecular complexity index is 928. The molecule has 0 aliphatic rings. The zero-order valence-electron chi connectivity index (χ0n) is 14.2. The Morgan fingerprint density at radius 1 is 1.19 bits per heavy atom. The molecule has 1 amide bonds. The molecule has 1 atom stereocenters. The molecule has 2 aromatic carbocycles. The van der Waals surface area contributed by atoms with Crippen LogP contribution in [-0.4, -0.2) is 20.6 Å². The van der Waals surface area contributed by atoms with Gasteiger partial charge in [0.2, 0.25) is 15.9 Å². The molecule has 0 spiro atoms. The quantitative estimate of drug-likeness (QED) is 0.730. The van der Waals surface area contributed by atoms with E-state index in [0.717, 1.165) is 11.8 Å². The van der Waals surface area contributed by atoms with Gasteiger partial charge in [-0.25, -0.2) is 12.8 Å². The van der Waals surface area contributed by atoms with E-state index < -0.39 is 21.9 Å². The molecule has 2 N–H and O–H groups in total. The van der Waals surface area contributed by atoms with Crippen molar-refractivity contribution < 1.29 is 17.6 Å². The second kappa shape index (κ2) is 8.33. The monoisotopic (exact) mass is 396 g/mol. The second-order valence-electron chi connectivity index (χ2n) is 5.73. The number of carbonyl (C=O) groups is 1. The van der Waals surface area contributed by atoms with Gasteiger partial charge in [-0.2, -0.15) is 0 Å². The number of anilines is 1. The van der Waals surface area contributed by atoms with Gasteiger partial charge in [-0.3, -0.25) is 9.52 Å². The molecule has 0 aliphatic heterocycles. The summed E-state index contributed by atoms with van der Waals surface area (Å²) in [6.07, 6.45) is 3.95. The number of halogens is 2. The molecule has 0 bridgehead atoms. The number of benzene rings is 2. The van der Waals surface area contributed by atoms with Crippen molar-refractivity contribution >= 4 is 39.3 Å². The molecule has 0 aromatic heterocycles. The molecule has 0 radical (unpaired) electrons. The maximum atomic E-state index is 14.0. The third-order valence-corrected chi connectivity index (χ3v) is 4.29. The number of hydrogen-bond donors (Lipinski definition) is 2. The van der Waals surface area contributed by atoms with Gasteiger partial charge in [0, 0.05) is 11.1 Å². The summed E-state index contributed by atoms with van der Waals surface area (Å²) in [6, 6.07) is 10.6.